The average Bonchev–Trinajstić information content (AvgIpc) is 2.85. The number of carbonyl (C=O) groups excluding carboxylic acids is 2. The van der Waals surface area contributed by atoms with E-state index in [4.69, 9.17) is 5.73 Å². The highest BCUT2D eigenvalue weighted by atomic mass is 19.2. The monoisotopic (exact) mass is 481 g/mol. The highest BCUT2D eigenvalue weighted by Gasteiger charge is 2.23. The first kappa shape index (κ1) is 23.5. The Morgan fingerprint density at radius 1 is 1.00 bits per heavy atom. The molecule has 0 spiro atoms. The Balaban J connectivity index is 1.53. The van der Waals surface area contributed by atoms with Gasteiger partial charge >= 0.3 is 0 Å². The lowest BCUT2D eigenvalue weighted by atomic mass is 10.1. The van der Waals surface area contributed by atoms with Gasteiger partial charge in [-0.2, -0.15) is 4.39 Å². The van der Waals surface area contributed by atoms with Crippen LogP contribution in [-0.4, -0.2) is 28.9 Å². The van der Waals surface area contributed by atoms with Gasteiger partial charge in [0.25, 0.3) is 11.8 Å². The quantitative estimate of drug-likeness (QED) is 0.343. The van der Waals surface area contributed by atoms with Gasteiger partial charge in [0.05, 0.1) is 23.8 Å². The average molecular weight is 481 g/mol. The van der Waals surface area contributed by atoms with E-state index in [-0.39, 0.29) is 12.1 Å². The van der Waals surface area contributed by atoms with Crippen LogP contribution < -0.4 is 21.1 Å². The molecule has 0 atom stereocenters. The van der Waals surface area contributed by atoms with Gasteiger partial charge in [0.15, 0.2) is 17.4 Å². The predicted octanol–water partition coefficient (Wildman–Crippen LogP) is 4.02. The molecule has 0 saturated heterocycles. The fourth-order valence-electron chi connectivity index (χ4n) is 3.50. The lowest BCUT2D eigenvalue weighted by molar-refractivity contribution is 0.0998. The SMILES string of the molecule is COc1c(F)c(F)cc(C(=O)Nc2cccc(CNc3ncnc4c(C(N)=O)cccc34)c2)c1F. The predicted molar refractivity (Wildman–Crippen MR) is 123 cm³/mol. The molecule has 0 aliphatic heterocycles. The highest BCUT2D eigenvalue weighted by Crippen LogP contribution is 2.28. The number of nitrogens with one attached hydrogen (secondary N) is 2. The third kappa shape index (κ3) is 4.69. The molecule has 2 amide bonds. The Bertz CT molecular complexity index is 1460. The Hall–Kier alpha value is -4.67. The number of methoxy groups -OCH3 is 1. The third-order valence-corrected chi connectivity index (χ3v) is 5.14. The van der Waals surface area contributed by atoms with E-state index in [0.29, 0.717) is 34.0 Å². The number of nitrogens with zero attached hydrogens (tertiary/aromatic N) is 2. The number of halogens is 3. The number of fused-ring (bicyclic) bond motifs is 1. The van der Waals surface area contributed by atoms with Gasteiger partial charge in [0, 0.05) is 17.6 Å². The topological polar surface area (TPSA) is 119 Å². The van der Waals surface area contributed by atoms with E-state index in [1.165, 1.54) is 6.33 Å². The van der Waals surface area contributed by atoms with Crippen LogP contribution in [0.2, 0.25) is 0 Å². The van der Waals surface area contributed by atoms with Crippen LogP contribution in [0.15, 0.2) is 54.9 Å². The second kappa shape index (κ2) is 9.67. The summed E-state index contributed by atoms with van der Waals surface area (Å²) in [5.41, 5.74) is 6.38. The molecule has 0 unspecified atom stereocenters. The summed E-state index contributed by atoms with van der Waals surface area (Å²) in [6.45, 7) is 0.268. The minimum atomic E-state index is -1.52. The van der Waals surface area contributed by atoms with Crippen molar-refractivity contribution in [3.05, 3.63) is 89.0 Å². The molecule has 4 rings (SSSR count). The van der Waals surface area contributed by atoms with Gasteiger partial charge in [-0.15, -0.1) is 0 Å². The maximum atomic E-state index is 14.4. The van der Waals surface area contributed by atoms with E-state index in [1.807, 2.05) is 0 Å². The van der Waals surface area contributed by atoms with Gasteiger partial charge in [-0.3, -0.25) is 9.59 Å². The van der Waals surface area contributed by atoms with E-state index >= 15 is 0 Å². The van der Waals surface area contributed by atoms with Gasteiger partial charge in [-0.25, -0.2) is 18.7 Å². The maximum absolute atomic E-state index is 14.4. The van der Waals surface area contributed by atoms with Gasteiger partial charge in [-0.1, -0.05) is 18.2 Å². The molecule has 8 nitrogen and oxygen atoms in total. The fourth-order valence-corrected chi connectivity index (χ4v) is 3.50. The van der Waals surface area contributed by atoms with Gasteiger partial charge in [0.2, 0.25) is 5.82 Å². The number of anilines is 2. The first-order valence-corrected chi connectivity index (χ1v) is 10.2. The highest BCUT2D eigenvalue weighted by molar-refractivity contribution is 6.07. The molecule has 0 saturated carbocycles. The molecular formula is C24H18F3N5O3. The van der Waals surface area contributed by atoms with Gasteiger partial charge < -0.3 is 21.1 Å². The van der Waals surface area contributed by atoms with Crippen LogP contribution in [0.25, 0.3) is 10.9 Å². The lowest BCUT2D eigenvalue weighted by Crippen LogP contribution is -2.16. The number of primary amides is 1. The van der Waals surface area contributed by atoms with E-state index in [0.717, 1.165) is 7.11 Å². The van der Waals surface area contributed by atoms with Gasteiger partial charge in [-0.05, 0) is 35.9 Å². The summed E-state index contributed by atoms with van der Waals surface area (Å²) in [6.07, 6.45) is 1.30. The number of ether oxygens (including phenoxy) is 1. The summed E-state index contributed by atoms with van der Waals surface area (Å²) < 4.78 is 46.4. The number of carbonyl (C=O) groups is 2. The molecule has 4 aromatic rings. The Morgan fingerprint density at radius 2 is 1.77 bits per heavy atom. The Labute approximate surface area is 196 Å². The summed E-state index contributed by atoms with van der Waals surface area (Å²) in [7, 11) is 0.967. The maximum Gasteiger partial charge on any atom is 0.258 e. The van der Waals surface area contributed by atoms with Crippen LogP contribution in [-0.2, 0) is 6.54 Å². The number of para-hydroxylation sites is 1. The molecule has 0 fully saturated rings. The Kier molecular flexibility index (Phi) is 6.49. The standard InChI is InChI=1S/C24H18F3N5O3/c1-35-21-18(26)16(9-17(25)19(21)27)24(34)32-13-5-2-4-12(8-13)10-29-23-15-7-3-6-14(22(28)33)20(15)30-11-31-23/h2-9,11H,10H2,1H3,(H2,28,33)(H,32,34)(H,29,30,31). The Morgan fingerprint density at radius 3 is 2.51 bits per heavy atom. The van der Waals surface area contributed by atoms with Crippen LogP contribution in [0.5, 0.6) is 5.75 Å². The summed E-state index contributed by atoms with van der Waals surface area (Å²) in [4.78, 5) is 32.5. The molecule has 11 heteroatoms. The molecule has 3 aromatic carbocycles. The largest absolute Gasteiger partial charge is 0.491 e. The van der Waals surface area contributed by atoms with Crippen molar-refractivity contribution >= 4 is 34.2 Å². The second-order valence-corrected chi connectivity index (χ2v) is 7.36. The van der Waals surface area contributed by atoms with Crippen LogP contribution in [0.4, 0.5) is 24.7 Å². The number of nitrogens with two attached hydrogens (primary N) is 1. The summed E-state index contributed by atoms with van der Waals surface area (Å²) in [5, 5.41) is 6.19. The number of hydrogen-bond acceptors (Lipinski definition) is 6. The van der Waals surface area contributed by atoms with E-state index in [2.05, 4.69) is 25.3 Å². The minimum Gasteiger partial charge on any atom is -0.491 e. The summed E-state index contributed by atoms with van der Waals surface area (Å²) in [5.74, 6) is -6.36. The molecule has 0 radical (unpaired) electrons. The molecule has 4 N–H and O–H groups in total. The van der Waals surface area contributed by atoms with E-state index in [1.54, 1.807) is 42.5 Å². The van der Waals surface area contributed by atoms with Crippen molar-refractivity contribution in [1.82, 2.24) is 9.97 Å². The van der Waals surface area contributed by atoms with Crippen LogP contribution in [0, 0.1) is 17.5 Å². The van der Waals surface area contributed by atoms with Crippen LogP contribution in [0.1, 0.15) is 26.3 Å². The lowest BCUT2D eigenvalue weighted by Gasteiger charge is -2.12. The minimum absolute atomic E-state index is 0.263. The van der Waals surface area contributed by atoms with Crippen molar-refractivity contribution in [1.29, 1.82) is 0 Å². The number of hydrogen-bond donors (Lipinski definition) is 3. The van der Waals surface area contributed by atoms with Crippen molar-refractivity contribution < 1.29 is 27.5 Å². The van der Waals surface area contributed by atoms with Crippen molar-refractivity contribution in [2.24, 2.45) is 5.73 Å². The fraction of sp³-hybridized carbons (Fsp3) is 0.0833. The number of aromatic nitrogens is 2. The molecule has 178 valence electrons. The van der Waals surface area contributed by atoms with Crippen LogP contribution >= 0.6 is 0 Å². The molecule has 0 bridgehead atoms. The summed E-state index contributed by atoms with van der Waals surface area (Å²) in [6, 6.07) is 12.0. The molecule has 0 aliphatic rings. The molecule has 1 aromatic heterocycles. The first-order chi connectivity index (χ1) is 16.8. The van der Waals surface area contributed by atoms with E-state index in [9.17, 15) is 22.8 Å². The van der Waals surface area contributed by atoms with Crippen LogP contribution in [0.3, 0.4) is 0 Å². The second-order valence-electron chi connectivity index (χ2n) is 7.36. The zero-order valence-corrected chi connectivity index (χ0v) is 18.2. The number of amides is 2. The smallest absolute Gasteiger partial charge is 0.258 e. The third-order valence-electron chi connectivity index (χ3n) is 5.14. The summed E-state index contributed by atoms with van der Waals surface area (Å²) >= 11 is 0. The number of rotatable bonds is 7. The first-order valence-electron chi connectivity index (χ1n) is 10.2. The van der Waals surface area contributed by atoms with E-state index < -0.39 is 40.6 Å². The molecular weight excluding hydrogens is 463 g/mol. The number of benzene rings is 3. The zero-order valence-electron chi connectivity index (χ0n) is 18.2. The van der Waals surface area contributed by atoms with Crippen molar-refractivity contribution in [2.75, 3.05) is 17.7 Å². The molecule has 35 heavy (non-hydrogen) atoms. The molecule has 1 heterocycles. The van der Waals surface area contributed by atoms with Crippen molar-refractivity contribution in [3.8, 4) is 5.75 Å². The van der Waals surface area contributed by atoms with Crippen molar-refractivity contribution in [3.63, 3.8) is 0 Å². The van der Waals surface area contributed by atoms with Gasteiger partial charge in [0.1, 0.15) is 12.1 Å². The van der Waals surface area contributed by atoms with Crippen molar-refractivity contribution in [2.45, 2.75) is 6.54 Å². The zero-order chi connectivity index (χ0) is 25.1. The molecule has 0 aliphatic carbocycles. The normalized spacial score (nSPS) is 10.7.